The predicted octanol–water partition coefficient (Wildman–Crippen LogP) is 3.85. The molecule has 0 N–H and O–H groups in total. The van der Waals surface area contributed by atoms with Crippen LogP contribution in [0.3, 0.4) is 0 Å². The lowest BCUT2D eigenvalue weighted by Gasteiger charge is -2.28. The molecule has 1 saturated carbocycles. The van der Waals surface area contributed by atoms with Crippen molar-refractivity contribution in [1.29, 1.82) is 0 Å². The van der Waals surface area contributed by atoms with Crippen LogP contribution >= 0.6 is 0 Å². The Morgan fingerprint density at radius 2 is 1.50 bits per heavy atom. The Hall–Kier alpha value is -3.29. The number of hydrogen-bond acceptors (Lipinski definition) is 6. The van der Waals surface area contributed by atoms with Crippen LogP contribution in [0.2, 0.25) is 0 Å². The lowest BCUT2D eigenvalue weighted by molar-refractivity contribution is -0.336. The number of halogens is 2. The number of carbonyl (C=O) groups excluding carboxylic acids is 3. The molecule has 0 bridgehead atoms. The second-order valence-corrected chi connectivity index (χ2v) is 7.82. The van der Waals surface area contributed by atoms with E-state index in [2.05, 4.69) is 0 Å². The number of aliphatic carboxylic acids is 1. The van der Waals surface area contributed by atoms with Crippen LogP contribution in [0.25, 0.3) is 0 Å². The number of carbonyl (C=O) groups is 3. The van der Waals surface area contributed by atoms with Crippen molar-refractivity contribution in [3.8, 4) is 0 Å². The Bertz CT molecular complexity index is 966. The second-order valence-electron chi connectivity index (χ2n) is 7.82. The van der Waals surface area contributed by atoms with Gasteiger partial charge in [-0.15, -0.1) is 0 Å². The standard InChI is InChI=1S/C24H24F2O6/c1-2-23(14-6-7-15-23)32-21(28)18-12-10-17(11-13-18)20(27)31-19(24(25,26)22(29)30)16-8-4-3-5-9-16/h3-5,8-13,19H,2,6-7,14-15H2,1H3,(H,29,30)/p-1. The third kappa shape index (κ3) is 4.95. The zero-order chi connectivity index (χ0) is 23.4. The van der Waals surface area contributed by atoms with E-state index in [0.29, 0.717) is 6.42 Å². The average Bonchev–Trinajstić information content (AvgIpc) is 3.26. The van der Waals surface area contributed by atoms with E-state index in [-0.39, 0.29) is 16.7 Å². The minimum atomic E-state index is -4.45. The van der Waals surface area contributed by atoms with Crippen LogP contribution in [0, 0.1) is 0 Å². The molecule has 0 saturated heterocycles. The summed E-state index contributed by atoms with van der Waals surface area (Å²) in [6.45, 7) is 1.96. The van der Waals surface area contributed by atoms with E-state index in [9.17, 15) is 28.3 Å². The number of hydrogen-bond donors (Lipinski definition) is 0. The normalized spacial score (nSPS) is 16.2. The van der Waals surface area contributed by atoms with Gasteiger partial charge in [0.1, 0.15) is 11.6 Å². The molecular formula is C24H23F2O6-. The number of benzene rings is 2. The maximum atomic E-state index is 14.2. The number of carboxylic acid groups (broad SMARTS) is 1. The highest BCUT2D eigenvalue weighted by Gasteiger charge is 2.45. The summed E-state index contributed by atoms with van der Waals surface area (Å²) in [5, 5.41) is 11.0. The minimum absolute atomic E-state index is 0.122. The van der Waals surface area contributed by atoms with E-state index >= 15 is 0 Å². The maximum absolute atomic E-state index is 14.2. The number of carboxylic acids is 1. The Morgan fingerprint density at radius 1 is 0.969 bits per heavy atom. The Morgan fingerprint density at radius 3 is 2.00 bits per heavy atom. The molecule has 0 aromatic heterocycles. The average molecular weight is 445 g/mol. The summed E-state index contributed by atoms with van der Waals surface area (Å²) >= 11 is 0. The molecular weight excluding hydrogens is 422 g/mol. The van der Waals surface area contributed by atoms with Gasteiger partial charge in [0.15, 0.2) is 6.10 Å². The summed E-state index contributed by atoms with van der Waals surface area (Å²) in [6, 6.07) is 12.0. The molecule has 2 aromatic carbocycles. The number of ether oxygens (including phenoxy) is 2. The third-order valence-corrected chi connectivity index (χ3v) is 5.75. The molecule has 0 spiro atoms. The van der Waals surface area contributed by atoms with Gasteiger partial charge in [-0.05, 0) is 61.9 Å². The number of esters is 2. The number of alkyl halides is 2. The summed E-state index contributed by atoms with van der Waals surface area (Å²) in [5.41, 5.74) is -0.589. The first-order valence-electron chi connectivity index (χ1n) is 10.4. The van der Waals surface area contributed by atoms with Crippen molar-refractivity contribution in [2.75, 3.05) is 0 Å². The molecule has 0 aliphatic heterocycles. The first-order chi connectivity index (χ1) is 15.2. The fraction of sp³-hybridized carbons (Fsp3) is 0.375. The molecule has 1 aliphatic rings. The summed E-state index contributed by atoms with van der Waals surface area (Å²) in [4.78, 5) is 35.9. The van der Waals surface area contributed by atoms with E-state index in [1.54, 1.807) is 6.07 Å². The highest BCUT2D eigenvalue weighted by Crippen LogP contribution is 2.37. The first-order valence-corrected chi connectivity index (χ1v) is 10.4. The molecule has 3 rings (SSSR count). The third-order valence-electron chi connectivity index (χ3n) is 5.75. The van der Waals surface area contributed by atoms with Crippen molar-refractivity contribution in [2.45, 2.75) is 56.7 Å². The monoisotopic (exact) mass is 445 g/mol. The van der Waals surface area contributed by atoms with Crippen LogP contribution in [0.15, 0.2) is 54.6 Å². The fourth-order valence-corrected chi connectivity index (χ4v) is 3.81. The zero-order valence-corrected chi connectivity index (χ0v) is 17.5. The fourth-order valence-electron chi connectivity index (χ4n) is 3.81. The van der Waals surface area contributed by atoms with E-state index in [1.807, 2.05) is 6.92 Å². The zero-order valence-electron chi connectivity index (χ0n) is 17.5. The molecule has 1 unspecified atom stereocenters. The van der Waals surface area contributed by atoms with E-state index in [4.69, 9.17) is 9.47 Å². The smallest absolute Gasteiger partial charge is 0.338 e. The maximum Gasteiger partial charge on any atom is 0.338 e. The molecule has 1 fully saturated rings. The van der Waals surface area contributed by atoms with Crippen LogP contribution in [0.4, 0.5) is 8.78 Å². The summed E-state index contributed by atoms with van der Waals surface area (Å²) in [5.74, 6) is -8.80. The molecule has 6 nitrogen and oxygen atoms in total. The van der Waals surface area contributed by atoms with Gasteiger partial charge >= 0.3 is 17.9 Å². The quantitative estimate of drug-likeness (QED) is 0.573. The SMILES string of the molecule is CCC1(OC(=O)c2ccc(C(=O)OC(c3ccccc3)C(F)(F)C(=O)[O-])cc2)CCCC1. The summed E-state index contributed by atoms with van der Waals surface area (Å²) < 4.78 is 39.0. The van der Waals surface area contributed by atoms with Gasteiger partial charge in [0.05, 0.1) is 11.1 Å². The molecule has 1 aliphatic carbocycles. The van der Waals surface area contributed by atoms with Crippen LogP contribution in [-0.4, -0.2) is 29.4 Å². The van der Waals surface area contributed by atoms with Gasteiger partial charge in [-0.3, -0.25) is 0 Å². The lowest BCUT2D eigenvalue weighted by atomic mass is 9.98. The van der Waals surface area contributed by atoms with Gasteiger partial charge in [0.25, 0.3) is 0 Å². The summed E-state index contributed by atoms with van der Waals surface area (Å²) in [6.07, 6.45) is 1.91. The van der Waals surface area contributed by atoms with E-state index in [1.165, 1.54) is 48.5 Å². The molecule has 1 atom stereocenters. The van der Waals surface area contributed by atoms with Crippen molar-refractivity contribution in [3.05, 3.63) is 71.3 Å². The highest BCUT2D eigenvalue weighted by atomic mass is 19.3. The van der Waals surface area contributed by atoms with Crippen molar-refractivity contribution < 1.29 is 37.7 Å². The minimum Gasteiger partial charge on any atom is -0.544 e. The van der Waals surface area contributed by atoms with Crippen molar-refractivity contribution in [2.24, 2.45) is 0 Å². The van der Waals surface area contributed by atoms with Crippen molar-refractivity contribution >= 4 is 17.9 Å². The predicted molar refractivity (Wildman–Crippen MR) is 108 cm³/mol. The summed E-state index contributed by atoms with van der Waals surface area (Å²) in [7, 11) is 0. The Labute approximate surface area is 184 Å². The van der Waals surface area contributed by atoms with Gasteiger partial charge in [0.2, 0.25) is 0 Å². The lowest BCUT2D eigenvalue weighted by Crippen LogP contribution is -2.47. The van der Waals surface area contributed by atoms with Gasteiger partial charge < -0.3 is 19.4 Å². The molecule has 8 heteroatoms. The molecule has 0 radical (unpaired) electrons. The van der Waals surface area contributed by atoms with E-state index < -0.39 is 35.5 Å². The van der Waals surface area contributed by atoms with Crippen molar-refractivity contribution in [1.82, 2.24) is 0 Å². The van der Waals surface area contributed by atoms with Crippen LogP contribution in [-0.2, 0) is 14.3 Å². The highest BCUT2D eigenvalue weighted by molar-refractivity contribution is 5.93. The molecule has 32 heavy (non-hydrogen) atoms. The Kier molecular flexibility index (Phi) is 6.91. The van der Waals surface area contributed by atoms with Crippen LogP contribution < -0.4 is 5.11 Å². The topological polar surface area (TPSA) is 92.7 Å². The van der Waals surface area contributed by atoms with Crippen LogP contribution in [0.1, 0.15) is 71.4 Å². The van der Waals surface area contributed by atoms with Gasteiger partial charge in [-0.1, -0.05) is 37.3 Å². The van der Waals surface area contributed by atoms with Crippen LogP contribution in [0.5, 0.6) is 0 Å². The van der Waals surface area contributed by atoms with Gasteiger partial charge in [-0.25, -0.2) is 9.59 Å². The molecule has 2 aromatic rings. The first kappa shape index (κ1) is 23.4. The van der Waals surface area contributed by atoms with Gasteiger partial charge in [0, 0.05) is 0 Å². The molecule has 0 heterocycles. The largest absolute Gasteiger partial charge is 0.544 e. The second kappa shape index (κ2) is 9.46. The Balaban J connectivity index is 1.75. The van der Waals surface area contributed by atoms with Gasteiger partial charge in [-0.2, -0.15) is 8.78 Å². The molecule has 0 amide bonds. The van der Waals surface area contributed by atoms with Crippen molar-refractivity contribution in [3.63, 3.8) is 0 Å². The number of rotatable bonds is 8. The molecule has 170 valence electrons. The van der Waals surface area contributed by atoms with E-state index in [0.717, 1.165) is 25.7 Å².